The summed E-state index contributed by atoms with van der Waals surface area (Å²) in [5, 5.41) is 2.92. The summed E-state index contributed by atoms with van der Waals surface area (Å²) in [7, 11) is 0. The molecule has 1 heterocycles. The Morgan fingerprint density at radius 1 is 1.30 bits per heavy atom. The van der Waals surface area contributed by atoms with Crippen molar-refractivity contribution in [3.8, 4) is 5.75 Å². The lowest BCUT2D eigenvalue weighted by Gasteiger charge is -2.21. The Balaban J connectivity index is 1.99. The number of aromatic nitrogens is 1. The minimum atomic E-state index is 0.140. The zero-order valence-electron chi connectivity index (χ0n) is 16.8. The lowest BCUT2D eigenvalue weighted by Crippen LogP contribution is -2.31. The Labute approximate surface area is 166 Å². The molecule has 0 bridgehead atoms. The molecular weight excluding hydrogens is 356 g/mol. The Bertz CT molecular complexity index is 752. The van der Waals surface area contributed by atoms with Crippen molar-refractivity contribution < 1.29 is 9.53 Å². The van der Waals surface area contributed by atoms with Gasteiger partial charge in [0, 0.05) is 18.3 Å². The second-order valence-corrected chi connectivity index (χ2v) is 8.32. The van der Waals surface area contributed by atoms with E-state index >= 15 is 0 Å². The molecule has 146 valence electrons. The van der Waals surface area contributed by atoms with E-state index < -0.39 is 0 Å². The van der Waals surface area contributed by atoms with Gasteiger partial charge in [-0.1, -0.05) is 52.0 Å². The third-order valence-electron chi connectivity index (χ3n) is 4.13. The minimum Gasteiger partial charge on any atom is -0.486 e. The number of para-hydroxylation sites is 1. The summed E-state index contributed by atoms with van der Waals surface area (Å²) in [5.74, 6) is 1.80. The maximum atomic E-state index is 12.4. The molecule has 0 fully saturated rings. The summed E-state index contributed by atoms with van der Waals surface area (Å²) < 4.78 is 6.00. The van der Waals surface area contributed by atoms with Gasteiger partial charge in [0.25, 0.3) is 0 Å². The summed E-state index contributed by atoms with van der Waals surface area (Å²) in [5.41, 5.74) is 2.10. The van der Waals surface area contributed by atoms with Crippen LogP contribution in [0.1, 0.15) is 56.3 Å². The number of carbonyl (C=O) groups is 1. The monoisotopic (exact) mass is 386 g/mol. The van der Waals surface area contributed by atoms with Gasteiger partial charge in [-0.25, -0.2) is 4.98 Å². The molecule has 0 radical (unpaired) electrons. The highest BCUT2D eigenvalue weighted by Gasteiger charge is 2.16. The predicted molar refractivity (Wildman–Crippen MR) is 112 cm³/mol. The van der Waals surface area contributed by atoms with Crippen molar-refractivity contribution in [2.75, 3.05) is 6.54 Å². The van der Waals surface area contributed by atoms with Crippen LogP contribution in [0.3, 0.4) is 0 Å². The first kappa shape index (κ1) is 21.2. The quantitative estimate of drug-likeness (QED) is 0.513. The molecule has 0 aliphatic heterocycles. The van der Waals surface area contributed by atoms with E-state index in [1.165, 1.54) is 5.56 Å². The number of hydrogen-bond acceptors (Lipinski definition) is 4. The molecule has 1 amide bonds. The highest BCUT2D eigenvalue weighted by Crippen LogP contribution is 2.27. The summed E-state index contributed by atoms with van der Waals surface area (Å²) in [6.07, 6.45) is 2.30. The number of nitrogens with zero attached hydrogens (tertiary/aromatic N) is 2. The van der Waals surface area contributed by atoms with Gasteiger partial charge < -0.3 is 9.64 Å². The van der Waals surface area contributed by atoms with Crippen molar-refractivity contribution >= 4 is 17.2 Å². The first-order valence-corrected chi connectivity index (χ1v) is 10.3. The van der Waals surface area contributed by atoms with Gasteiger partial charge in [0.1, 0.15) is 17.4 Å². The van der Waals surface area contributed by atoms with Gasteiger partial charge in [-0.2, -0.15) is 0 Å². The molecule has 4 nitrogen and oxygen atoms in total. The summed E-state index contributed by atoms with van der Waals surface area (Å²) >= 11 is 1.57. The third-order valence-corrected chi connectivity index (χ3v) is 5.00. The lowest BCUT2D eigenvalue weighted by molar-refractivity contribution is -0.132. The summed E-state index contributed by atoms with van der Waals surface area (Å²) in [6.45, 7) is 13.7. The Morgan fingerprint density at radius 2 is 2.04 bits per heavy atom. The average molecular weight is 387 g/mol. The molecule has 1 aromatic carbocycles. The number of rotatable bonds is 10. The molecule has 0 aliphatic rings. The molecule has 5 heteroatoms. The predicted octanol–water partition coefficient (Wildman–Crippen LogP) is 5.41. The van der Waals surface area contributed by atoms with Crippen LogP contribution in [0, 0.1) is 5.92 Å². The fourth-order valence-corrected chi connectivity index (χ4v) is 3.50. The molecule has 0 aliphatic carbocycles. The van der Waals surface area contributed by atoms with Crippen molar-refractivity contribution in [1.29, 1.82) is 0 Å². The highest BCUT2D eigenvalue weighted by molar-refractivity contribution is 7.09. The van der Waals surface area contributed by atoms with Crippen LogP contribution in [0.5, 0.6) is 5.75 Å². The van der Waals surface area contributed by atoms with Gasteiger partial charge in [-0.05, 0) is 23.5 Å². The van der Waals surface area contributed by atoms with Gasteiger partial charge in [0.2, 0.25) is 5.91 Å². The van der Waals surface area contributed by atoms with Crippen LogP contribution in [0.2, 0.25) is 0 Å². The highest BCUT2D eigenvalue weighted by atomic mass is 32.1. The van der Waals surface area contributed by atoms with Crippen molar-refractivity contribution in [2.24, 2.45) is 5.92 Å². The first-order chi connectivity index (χ1) is 12.9. The molecule has 2 rings (SSSR count). The Morgan fingerprint density at radius 3 is 2.70 bits per heavy atom. The minimum absolute atomic E-state index is 0.140. The zero-order chi connectivity index (χ0) is 19.8. The second-order valence-electron chi connectivity index (χ2n) is 7.37. The number of ether oxygens (including phenoxy) is 1. The molecule has 0 N–H and O–H groups in total. The zero-order valence-corrected chi connectivity index (χ0v) is 17.6. The van der Waals surface area contributed by atoms with E-state index in [1.807, 2.05) is 23.6 Å². The second kappa shape index (κ2) is 10.3. The van der Waals surface area contributed by atoms with E-state index in [9.17, 15) is 4.79 Å². The molecule has 27 heavy (non-hydrogen) atoms. The van der Waals surface area contributed by atoms with E-state index in [-0.39, 0.29) is 5.91 Å². The largest absolute Gasteiger partial charge is 0.486 e. The van der Waals surface area contributed by atoms with Crippen molar-refractivity contribution in [3.63, 3.8) is 0 Å². The van der Waals surface area contributed by atoms with Gasteiger partial charge in [-0.15, -0.1) is 17.9 Å². The summed E-state index contributed by atoms with van der Waals surface area (Å²) in [6, 6.07) is 8.12. The van der Waals surface area contributed by atoms with Gasteiger partial charge in [0.15, 0.2) is 0 Å². The standard InChI is InChI=1S/C22H30N2O2S/c1-6-11-24(22(25)12-16(2)3)13-18-15-27-21(23-18)14-26-20-10-8-7-9-19(20)17(4)5/h6-10,15-17H,1,11-14H2,2-5H3. The van der Waals surface area contributed by atoms with Crippen LogP contribution in [0.4, 0.5) is 0 Å². The van der Waals surface area contributed by atoms with Gasteiger partial charge >= 0.3 is 0 Å². The first-order valence-electron chi connectivity index (χ1n) is 9.44. The van der Waals surface area contributed by atoms with Crippen LogP contribution in [0.25, 0.3) is 0 Å². The van der Waals surface area contributed by atoms with Gasteiger partial charge in [0.05, 0.1) is 12.2 Å². The average Bonchev–Trinajstić information content (AvgIpc) is 3.06. The number of amides is 1. The van der Waals surface area contributed by atoms with Crippen LogP contribution in [-0.4, -0.2) is 22.3 Å². The maximum Gasteiger partial charge on any atom is 0.223 e. The smallest absolute Gasteiger partial charge is 0.223 e. The molecular formula is C22H30N2O2S. The molecule has 0 spiro atoms. The Kier molecular flexibility index (Phi) is 8.04. The number of benzene rings is 1. The lowest BCUT2D eigenvalue weighted by atomic mass is 10.0. The molecule has 0 atom stereocenters. The molecule has 1 aromatic heterocycles. The van der Waals surface area contributed by atoms with Crippen LogP contribution >= 0.6 is 11.3 Å². The Hall–Kier alpha value is -2.14. The topological polar surface area (TPSA) is 42.4 Å². The van der Waals surface area contributed by atoms with E-state index in [1.54, 1.807) is 22.3 Å². The number of carbonyl (C=O) groups excluding carboxylic acids is 1. The maximum absolute atomic E-state index is 12.4. The molecule has 0 saturated carbocycles. The van der Waals surface area contributed by atoms with E-state index in [2.05, 4.69) is 45.3 Å². The summed E-state index contributed by atoms with van der Waals surface area (Å²) in [4.78, 5) is 18.9. The fraction of sp³-hybridized carbons (Fsp3) is 0.455. The van der Waals surface area contributed by atoms with Crippen LogP contribution in [-0.2, 0) is 17.9 Å². The fourth-order valence-electron chi connectivity index (χ4n) is 2.80. The molecule has 0 saturated heterocycles. The van der Waals surface area contributed by atoms with Crippen molar-refractivity contribution in [3.05, 3.63) is 58.6 Å². The van der Waals surface area contributed by atoms with Crippen molar-refractivity contribution in [1.82, 2.24) is 9.88 Å². The number of thiazole rings is 1. The number of hydrogen-bond donors (Lipinski definition) is 0. The third kappa shape index (κ3) is 6.51. The SMILES string of the molecule is C=CCN(Cc1csc(COc2ccccc2C(C)C)n1)C(=O)CC(C)C. The molecule has 2 aromatic rings. The molecule has 0 unspecified atom stereocenters. The van der Waals surface area contributed by atoms with Crippen LogP contribution < -0.4 is 4.74 Å². The van der Waals surface area contributed by atoms with Crippen LogP contribution in [0.15, 0.2) is 42.3 Å². The van der Waals surface area contributed by atoms with E-state index in [0.29, 0.717) is 38.0 Å². The normalized spacial score (nSPS) is 11.0. The van der Waals surface area contributed by atoms with E-state index in [0.717, 1.165) is 16.5 Å². The van der Waals surface area contributed by atoms with Crippen molar-refractivity contribution in [2.45, 2.75) is 53.2 Å². The van der Waals surface area contributed by atoms with Gasteiger partial charge in [-0.3, -0.25) is 4.79 Å². The van der Waals surface area contributed by atoms with E-state index in [4.69, 9.17) is 4.74 Å².